The van der Waals surface area contributed by atoms with Crippen molar-refractivity contribution in [2.75, 3.05) is 6.54 Å². The maximum atomic E-state index is 12.2. The number of amides is 1. The molecule has 3 heteroatoms. The van der Waals surface area contributed by atoms with Crippen molar-refractivity contribution >= 4 is 16.7 Å². The van der Waals surface area contributed by atoms with Crippen LogP contribution in [0.4, 0.5) is 0 Å². The van der Waals surface area contributed by atoms with Gasteiger partial charge in [-0.25, -0.2) is 0 Å². The zero-order valence-electron chi connectivity index (χ0n) is 13.6. The molecular weight excluding hydrogens is 272 g/mol. The summed E-state index contributed by atoms with van der Waals surface area (Å²) in [5.74, 6) is 0.0855. The van der Waals surface area contributed by atoms with Crippen molar-refractivity contribution < 1.29 is 4.79 Å². The summed E-state index contributed by atoms with van der Waals surface area (Å²) in [6.07, 6.45) is 2.98. The Bertz CT molecular complexity index is 624. The number of hydrogen-bond donors (Lipinski definition) is 2. The van der Waals surface area contributed by atoms with Crippen LogP contribution in [0, 0.1) is 0 Å². The topological polar surface area (TPSA) is 55.1 Å². The summed E-state index contributed by atoms with van der Waals surface area (Å²) in [6, 6.07) is 14.7. The minimum atomic E-state index is -0.250. The Balaban J connectivity index is 1.97. The second-order valence-corrected chi connectivity index (χ2v) is 5.92. The smallest absolute Gasteiger partial charge is 0.220 e. The minimum absolute atomic E-state index is 0.0855. The second kappa shape index (κ2) is 7.41. The number of benzene rings is 2. The van der Waals surface area contributed by atoms with Crippen LogP contribution in [0.3, 0.4) is 0 Å². The van der Waals surface area contributed by atoms with Gasteiger partial charge in [0, 0.05) is 13.0 Å². The van der Waals surface area contributed by atoms with Gasteiger partial charge in [-0.1, -0.05) is 56.3 Å². The zero-order valence-corrected chi connectivity index (χ0v) is 13.6. The summed E-state index contributed by atoms with van der Waals surface area (Å²) in [5.41, 5.74) is 6.78. The van der Waals surface area contributed by atoms with Crippen LogP contribution in [-0.4, -0.2) is 18.0 Å². The largest absolute Gasteiger partial charge is 0.349 e. The van der Waals surface area contributed by atoms with Gasteiger partial charge in [0.15, 0.2) is 0 Å². The lowest BCUT2D eigenvalue weighted by Gasteiger charge is -2.31. The Hall–Kier alpha value is -1.87. The molecule has 0 aliphatic rings. The van der Waals surface area contributed by atoms with E-state index in [9.17, 15) is 4.79 Å². The molecule has 0 atom stereocenters. The number of fused-ring (bicyclic) bond motifs is 1. The molecule has 2 rings (SSSR count). The molecule has 0 aromatic heterocycles. The Labute approximate surface area is 132 Å². The Morgan fingerprint density at radius 3 is 2.41 bits per heavy atom. The maximum absolute atomic E-state index is 12.2. The van der Waals surface area contributed by atoms with Crippen molar-refractivity contribution in [3.63, 3.8) is 0 Å². The standard InChI is InChI=1S/C19H26N2O/c1-3-19(4-2,14-20)21-18(22)12-10-15-9-11-16-7-5-6-8-17(16)13-15/h5-9,11,13H,3-4,10,12,14,20H2,1-2H3,(H,21,22). The predicted molar refractivity (Wildman–Crippen MR) is 92.8 cm³/mol. The van der Waals surface area contributed by atoms with Crippen LogP contribution in [0.5, 0.6) is 0 Å². The molecule has 0 saturated heterocycles. The van der Waals surface area contributed by atoms with Gasteiger partial charge in [-0.05, 0) is 35.6 Å². The van der Waals surface area contributed by atoms with Crippen LogP contribution in [0.25, 0.3) is 10.8 Å². The molecule has 0 spiro atoms. The number of carbonyl (C=O) groups is 1. The monoisotopic (exact) mass is 298 g/mol. The molecule has 2 aromatic carbocycles. The van der Waals surface area contributed by atoms with Crippen molar-refractivity contribution in [3.8, 4) is 0 Å². The van der Waals surface area contributed by atoms with Crippen molar-refractivity contribution in [2.45, 2.75) is 45.1 Å². The van der Waals surface area contributed by atoms with Gasteiger partial charge in [0.1, 0.15) is 0 Å². The van der Waals surface area contributed by atoms with E-state index in [4.69, 9.17) is 5.73 Å². The minimum Gasteiger partial charge on any atom is -0.349 e. The first-order chi connectivity index (χ1) is 10.6. The number of hydrogen-bond acceptors (Lipinski definition) is 2. The fraction of sp³-hybridized carbons (Fsp3) is 0.421. The third-order valence-corrected chi connectivity index (χ3v) is 4.60. The molecule has 0 fully saturated rings. The number of aryl methyl sites for hydroxylation is 1. The lowest BCUT2D eigenvalue weighted by molar-refractivity contribution is -0.123. The highest BCUT2D eigenvalue weighted by Gasteiger charge is 2.25. The van der Waals surface area contributed by atoms with Crippen LogP contribution < -0.4 is 11.1 Å². The predicted octanol–water partition coefficient (Wildman–Crippen LogP) is 3.41. The highest BCUT2D eigenvalue weighted by molar-refractivity contribution is 5.83. The van der Waals surface area contributed by atoms with Crippen LogP contribution in [0.15, 0.2) is 42.5 Å². The average Bonchev–Trinajstić information content (AvgIpc) is 2.58. The van der Waals surface area contributed by atoms with Gasteiger partial charge in [-0.15, -0.1) is 0 Å². The molecule has 3 N–H and O–H groups in total. The molecule has 0 heterocycles. The first kappa shape index (κ1) is 16.5. The van der Waals surface area contributed by atoms with Crippen LogP contribution in [0.2, 0.25) is 0 Å². The molecule has 0 aliphatic carbocycles. The SMILES string of the molecule is CCC(CC)(CN)NC(=O)CCc1ccc2ccccc2c1. The Kier molecular flexibility index (Phi) is 5.56. The highest BCUT2D eigenvalue weighted by Crippen LogP contribution is 2.17. The van der Waals surface area contributed by atoms with Crippen LogP contribution >= 0.6 is 0 Å². The van der Waals surface area contributed by atoms with Crippen molar-refractivity contribution in [2.24, 2.45) is 5.73 Å². The van der Waals surface area contributed by atoms with E-state index in [1.54, 1.807) is 0 Å². The van der Waals surface area contributed by atoms with Gasteiger partial charge in [-0.3, -0.25) is 4.79 Å². The van der Waals surface area contributed by atoms with Crippen molar-refractivity contribution in [1.82, 2.24) is 5.32 Å². The van der Waals surface area contributed by atoms with Crippen molar-refractivity contribution in [3.05, 3.63) is 48.0 Å². The zero-order chi connectivity index (χ0) is 16.0. The highest BCUT2D eigenvalue weighted by atomic mass is 16.1. The van der Waals surface area contributed by atoms with E-state index < -0.39 is 0 Å². The lowest BCUT2D eigenvalue weighted by Crippen LogP contribution is -2.52. The van der Waals surface area contributed by atoms with E-state index in [0.29, 0.717) is 13.0 Å². The normalized spacial score (nSPS) is 11.6. The summed E-state index contributed by atoms with van der Waals surface area (Å²) >= 11 is 0. The third kappa shape index (κ3) is 3.86. The summed E-state index contributed by atoms with van der Waals surface area (Å²) in [6.45, 7) is 4.63. The molecule has 1 amide bonds. The van der Waals surface area contributed by atoms with Crippen LogP contribution in [0.1, 0.15) is 38.7 Å². The van der Waals surface area contributed by atoms with Crippen molar-refractivity contribution in [1.29, 1.82) is 0 Å². The van der Waals surface area contributed by atoms with Gasteiger partial charge in [-0.2, -0.15) is 0 Å². The lowest BCUT2D eigenvalue weighted by atomic mass is 9.92. The molecule has 0 saturated carbocycles. The summed E-state index contributed by atoms with van der Waals surface area (Å²) in [7, 11) is 0. The van der Waals surface area contributed by atoms with Crippen LogP contribution in [-0.2, 0) is 11.2 Å². The van der Waals surface area contributed by atoms with E-state index in [0.717, 1.165) is 19.3 Å². The van der Waals surface area contributed by atoms with Gasteiger partial charge in [0.2, 0.25) is 5.91 Å². The fourth-order valence-corrected chi connectivity index (χ4v) is 2.78. The number of rotatable bonds is 7. The Morgan fingerprint density at radius 2 is 1.77 bits per heavy atom. The molecule has 0 bridgehead atoms. The first-order valence-corrected chi connectivity index (χ1v) is 8.11. The van der Waals surface area contributed by atoms with Gasteiger partial charge < -0.3 is 11.1 Å². The summed E-state index contributed by atoms with van der Waals surface area (Å²) in [5, 5.41) is 5.58. The average molecular weight is 298 g/mol. The van der Waals surface area contributed by atoms with Gasteiger partial charge >= 0.3 is 0 Å². The number of nitrogens with two attached hydrogens (primary N) is 1. The summed E-state index contributed by atoms with van der Waals surface area (Å²) in [4.78, 5) is 12.2. The molecule has 22 heavy (non-hydrogen) atoms. The quantitative estimate of drug-likeness (QED) is 0.823. The third-order valence-electron chi connectivity index (χ3n) is 4.60. The number of nitrogens with one attached hydrogen (secondary N) is 1. The van der Waals surface area contributed by atoms with Gasteiger partial charge in [0.05, 0.1) is 5.54 Å². The molecule has 0 aliphatic heterocycles. The van der Waals surface area contributed by atoms with E-state index in [2.05, 4.69) is 49.5 Å². The first-order valence-electron chi connectivity index (χ1n) is 8.11. The van der Waals surface area contributed by atoms with E-state index in [1.165, 1.54) is 16.3 Å². The van der Waals surface area contributed by atoms with Gasteiger partial charge in [0.25, 0.3) is 0 Å². The molecule has 3 nitrogen and oxygen atoms in total. The molecular formula is C19H26N2O. The van der Waals surface area contributed by atoms with E-state index in [1.807, 2.05) is 12.1 Å². The number of carbonyl (C=O) groups excluding carboxylic acids is 1. The van der Waals surface area contributed by atoms with E-state index >= 15 is 0 Å². The molecule has 0 radical (unpaired) electrons. The maximum Gasteiger partial charge on any atom is 0.220 e. The molecule has 2 aromatic rings. The Morgan fingerprint density at radius 1 is 1.09 bits per heavy atom. The molecule has 118 valence electrons. The van der Waals surface area contributed by atoms with E-state index in [-0.39, 0.29) is 11.4 Å². The second-order valence-electron chi connectivity index (χ2n) is 5.92. The summed E-state index contributed by atoms with van der Waals surface area (Å²) < 4.78 is 0. The fourth-order valence-electron chi connectivity index (χ4n) is 2.78. The molecule has 0 unspecified atom stereocenters.